The molecule has 2 aromatic heterocycles. The molecular weight excluding hydrogens is 398 g/mol. The lowest BCUT2D eigenvalue weighted by Gasteiger charge is -2.25. The molecule has 3 heterocycles. The number of rotatable bonds is 2. The van der Waals surface area contributed by atoms with Crippen LogP contribution in [0.2, 0.25) is 5.28 Å². The smallest absolute Gasteiger partial charge is 0.225 e. The summed E-state index contributed by atoms with van der Waals surface area (Å²) in [7, 11) is 0. The number of para-hydroxylation sites is 1. The molecule has 5 rings (SSSR count). The number of hydrogen-bond acceptors (Lipinski definition) is 4. The van der Waals surface area contributed by atoms with Gasteiger partial charge in [0.05, 0.1) is 5.39 Å². The summed E-state index contributed by atoms with van der Waals surface area (Å²) < 4.78 is 0. The number of aryl methyl sites for hydroxylation is 3. The van der Waals surface area contributed by atoms with Crippen molar-refractivity contribution in [2.75, 3.05) is 4.90 Å². The largest absolute Gasteiger partial charge is 0.322 e. The molecule has 5 heteroatoms. The van der Waals surface area contributed by atoms with E-state index >= 15 is 0 Å². The molecule has 0 radical (unpaired) electrons. The minimum Gasteiger partial charge on any atom is -0.322 e. The first-order chi connectivity index (χ1) is 13.9. The second-order valence-corrected chi connectivity index (χ2v) is 9.42. The van der Waals surface area contributed by atoms with Gasteiger partial charge < -0.3 is 4.90 Å². The van der Waals surface area contributed by atoms with Crippen LogP contribution >= 0.6 is 22.9 Å². The van der Waals surface area contributed by atoms with Gasteiger partial charge in [-0.05, 0) is 74.0 Å². The molecule has 1 unspecified atom stereocenters. The molecule has 0 aliphatic carbocycles. The van der Waals surface area contributed by atoms with E-state index in [1.165, 1.54) is 38.4 Å². The van der Waals surface area contributed by atoms with Gasteiger partial charge in [0, 0.05) is 22.2 Å². The van der Waals surface area contributed by atoms with Crippen LogP contribution in [0.3, 0.4) is 0 Å². The van der Waals surface area contributed by atoms with Gasteiger partial charge in [0.25, 0.3) is 0 Å². The van der Waals surface area contributed by atoms with Crippen LogP contribution in [0.1, 0.15) is 28.5 Å². The predicted octanol–water partition coefficient (Wildman–Crippen LogP) is 7.02. The monoisotopic (exact) mass is 419 g/mol. The number of anilines is 2. The first-order valence-corrected chi connectivity index (χ1v) is 11.0. The Morgan fingerprint density at radius 2 is 1.83 bits per heavy atom. The van der Waals surface area contributed by atoms with Crippen LogP contribution in [0.5, 0.6) is 0 Å². The topological polar surface area (TPSA) is 29.0 Å². The Labute approximate surface area is 180 Å². The minimum atomic E-state index is 0.303. The lowest BCUT2D eigenvalue weighted by atomic mass is 9.99. The van der Waals surface area contributed by atoms with E-state index in [-0.39, 0.29) is 0 Å². The van der Waals surface area contributed by atoms with Gasteiger partial charge in [0.2, 0.25) is 5.28 Å². The summed E-state index contributed by atoms with van der Waals surface area (Å²) in [5.74, 6) is 0.912. The van der Waals surface area contributed by atoms with Gasteiger partial charge in [0.15, 0.2) is 0 Å². The van der Waals surface area contributed by atoms with Crippen LogP contribution in [-0.4, -0.2) is 16.0 Å². The number of thiophene rings is 1. The summed E-state index contributed by atoms with van der Waals surface area (Å²) in [5, 5.41) is 1.40. The quantitative estimate of drug-likeness (QED) is 0.327. The Balaban J connectivity index is 1.82. The van der Waals surface area contributed by atoms with Crippen molar-refractivity contribution in [2.45, 2.75) is 40.2 Å². The fourth-order valence-electron chi connectivity index (χ4n) is 4.38. The Morgan fingerprint density at radius 3 is 2.62 bits per heavy atom. The number of halogens is 1. The van der Waals surface area contributed by atoms with Crippen molar-refractivity contribution in [1.82, 2.24) is 9.97 Å². The van der Waals surface area contributed by atoms with Crippen molar-refractivity contribution in [2.24, 2.45) is 0 Å². The zero-order valence-corrected chi connectivity index (χ0v) is 18.5. The van der Waals surface area contributed by atoms with Crippen LogP contribution in [0, 0.1) is 20.8 Å². The summed E-state index contributed by atoms with van der Waals surface area (Å²) in [6, 6.07) is 15.6. The fourth-order valence-corrected chi connectivity index (χ4v) is 5.63. The lowest BCUT2D eigenvalue weighted by molar-refractivity contribution is 0.752. The molecule has 0 bridgehead atoms. The third-order valence-electron chi connectivity index (χ3n) is 5.91. The summed E-state index contributed by atoms with van der Waals surface area (Å²) in [6.45, 7) is 8.72. The van der Waals surface area contributed by atoms with E-state index in [1.807, 2.05) is 0 Å². The molecule has 0 saturated carbocycles. The van der Waals surface area contributed by atoms with E-state index in [2.05, 4.69) is 80.0 Å². The highest BCUT2D eigenvalue weighted by atomic mass is 35.5. The molecule has 0 fully saturated rings. The van der Waals surface area contributed by atoms with Crippen LogP contribution in [0.25, 0.3) is 21.3 Å². The average Bonchev–Trinajstić information content (AvgIpc) is 3.18. The molecule has 1 atom stereocenters. The van der Waals surface area contributed by atoms with Crippen molar-refractivity contribution < 1.29 is 0 Å². The molecule has 29 heavy (non-hydrogen) atoms. The van der Waals surface area contributed by atoms with Crippen molar-refractivity contribution in [3.63, 3.8) is 0 Å². The normalized spacial score (nSPS) is 15.9. The van der Waals surface area contributed by atoms with Crippen molar-refractivity contribution in [3.05, 3.63) is 69.3 Å². The van der Waals surface area contributed by atoms with E-state index in [0.717, 1.165) is 22.5 Å². The molecule has 2 aromatic carbocycles. The van der Waals surface area contributed by atoms with Gasteiger partial charge in [0.1, 0.15) is 10.6 Å². The predicted molar refractivity (Wildman–Crippen MR) is 124 cm³/mol. The molecule has 0 amide bonds. The minimum absolute atomic E-state index is 0.303. The van der Waals surface area contributed by atoms with Crippen molar-refractivity contribution in [3.8, 4) is 11.1 Å². The number of benzene rings is 2. The van der Waals surface area contributed by atoms with Crippen LogP contribution in [0.15, 0.2) is 42.5 Å². The molecule has 3 nitrogen and oxygen atoms in total. The van der Waals surface area contributed by atoms with Crippen molar-refractivity contribution in [1.29, 1.82) is 0 Å². The second-order valence-electron chi connectivity index (χ2n) is 7.88. The van der Waals surface area contributed by atoms with Crippen molar-refractivity contribution >= 4 is 44.7 Å². The van der Waals surface area contributed by atoms with E-state index in [9.17, 15) is 0 Å². The Hall–Kier alpha value is -2.43. The highest BCUT2D eigenvalue weighted by Gasteiger charge is 2.31. The van der Waals surface area contributed by atoms with E-state index in [4.69, 9.17) is 16.6 Å². The standard InChI is InChI=1S/C24H22ClN3S/c1-13-9-10-18(11-14(13)2)20-16(4)29-23-21(20)22(26-24(25)27-23)28-15(3)12-17-7-5-6-8-19(17)28/h5-11,15H,12H2,1-4H3. The third kappa shape index (κ3) is 2.93. The molecule has 0 saturated heterocycles. The van der Waals surface area contributed by atoms with E-state index in [0.29, 0.717) is 11.3 Å². The van der Waals surface area contributed by atoms with Crippen LogP contribution in [-0.2, 0) is 6.42 Å². The second kappa shape index (κ2) is 6.82. The highest BCUT2D eigenvalue weighted by molar-refractivity contribution is 7.19. The molecule has 1 aliphatic rings. The van der Waals surface area contributed by atoms with Gasteiger partial charge in [-0.2, -0.15) is 4.98 Å². The molecule has 0 spiro atoms. The first kappa shape index (κ1) is 18.6. The van der Waals surface area contributed by atoms with Gasteiger partial charge in [-0.1, -0.05) is 36.4 Å². The third-order valence-corrected chi connectivity index (χ3v) is 7.08. The summed E-state index contributed by atoms with van der Waals surface area (Å²) >= 11 is 8.08. The Morgan fingerprint density at radius 1 is 1.03 bits per heavy atom. The number of nitrogens with zero attached hydrogens (tertiary/aromatic N) is 3. The number of hydrogen-bond donors (Lipinski definition) is 0. The maximum Gasteiger partial charge on any atom is 0.225 e. The lowest BCUT2D eigenvalue weighted by Crippen LogP contribution is -2.25. The number of aromatic nitrogens is 2. The van der Waals surface area contributed by atoms with Gasteiger partial charge in [-0.3, -0.25) is 0 Å². The Bertz CT molecular complexity index is 1260. The highest BCUT2D eigenvalue weighted by Crippen LogP contribution is 2.46. The maximum absolute atomic E-state index is 6.39. The van der Waals surface area contributed by atoms with Gasteiger partial charge in [-0.15, -0.1) is 11.3 Å². The number of fused-ring (bicyclic) bond motifs is 2. The molecule has 0 N–H and O–H groups in total. The molecule has 1 aliphatic heterocycles. The summed E-state index contributed by atoms with van der Waals surface area (Å²) in [4.78, 5) is 13.9. The first-order valence-electron chi connectivity index (χ1n) is 9.85. The Kier molecular flexibility index (Phi) is 4.37. The molecular formula is C24H22ClN3S. The van der Waals surface area contributed by atoms with E-state index in [1.54, 1.807) is 11.3 Å². The average molecular weight is 420 g/mol. The van der Waals surface area contributed by atoms with Gasteiger partial charge in [-0.25, -0.2) is 4.98 Å². The molecule has 4 aromatic rings. The van der Waals surface area contributed by atoms with Crippen LogP contribution < -0.4 is 4.90 Å². The van der Waals surface area contributed by atoms with Crippen LogP contribution in [0.4, 0.5) is 11.5 Å². The van der Waals surface area contributed by atoms with Gasteiger partial charge >= 0.3 is 0 Å². The van der Waals surface area contributed by atoms with E-state index < -0.39 is 0 Å². The fraction of sp³-hybridized carbons (Fsp3) is 0.250. The zero-order chi connectivity index (χ0) is 20.3. The summed E-state index contributed by atoms with van der Waals surface area (Å²) in [5.41, 5.74) is 7.58. The molecule has 146 valence electrons. The maximum atomic E-state index is 6.39. The summed E-state index contributed by atoms with van der Waals surface area (Å²) in [6.07, 6.45) is 1.00. The SMILES string of the molecule is Cc1ccc(-c2c(C)sc3nc(Cl)nc(N4c5ccccc5CC4C)c23)cc1C. The zero-order valence-electron chi connectivity index (χ0n) is 17.0.